The molecule has 0 atom stereocenters. The van der Waals surface area contributed by atoms with E-state index in [0.717, 1.165) is 22.0 Å². The highest BCUT2D eigenvalue weighted by molar-refractivity contribution is 7.99. The maximum absolute atomic E-state index is 12.1. The van der Waals surface area contributed by atoms with Gasteiger partial charge in [0.2, 0.25) is 0 Å². The Morgan fingerprint density at radius 2 is 2.19 bits per heavy atom. The van der Waals surface area contributed by atoms with Crippen molar-refractivity contribution in [1.82, 2.24) is 20.2 Å². The highest BCUT2D eigenvalue weighted by atomic mass is 32.2. The Balaban J connectivity index is 1.84. The molecule has 3 rings (SSSR count). The number of nitrogens with zero attached hydrogens (tertiary/aromatic N) is 2. The van der Waals surface area contributed by atoms with Gasteiger partial charge in [-0.2, -0.15) is 0 Å². The molecule has 0 fully saturated rings. The van der Waals surface area contributed by atoms with Gasteiger partial charge in [0.25, 0.3) is 0 Å². The van der Waals surface area contributed by atoms with Crippen LogP contribution in [0.15, 0.2) is 47.0 Å². The molecule has 2 N–H and O–H groups in total. The van der Waals surface area contributed by atoms with Crippen molar-refractivity contribution in [1.29, 1.82) is 0 Å². The van der Waals surface area contributed by atoms with Crippen molar-refractivity contribution >= 4 is 23.8 Å². The molecule has 8 heteroatoms. The van der Waals surface area contributed by atoms with E-state index in [1.54, 1.807) is 13.1 Å². The number of nitrogens with one attached hydrogen (secondary N) is 2. The van der Waals surface area contributed by atoms with Crippen LogP contribution in [-0.2, 0) is 9.53 Å². The molecule has 7 nitrogen and oxygen atoms in total. The van der Waals surface area contributed by atoms with E-state index in [-0.39, 0.29) is 19.2 Å². The van der Waals surface area contributed by atoms with Gasteiger partial charge in [0, 0.05) is 23.8 Å². The van der Waals surface area contributed by atoms with Crippen LogP contribution >= 0.6 is 11.8 Å². The standard InChI is InChI=1S/C19H22N4O3S/c1-4-26-17(24)14-10-21-18(25)22-15(14)11-27-19-20-7-8-23(19)16-9-12(2)5-6-13(16)3/h5-9H,4,10-11H2,1-3H3,(H2,21,22,25). The quantitative estimate of drug-likeness (QED) is 0.589. The van der Waals surface area contributed by atoms with Crippen molar-refractivity contribution in [2.45, 2.75) is 25.9 Å². The van der Waals surface area contributed by atoms with Gasteiger partial charge in [-0.05, 0) is 38.0 Å². The molecule has 0 spiro atoms. The molecule has 1 aromatic heterocycles. The average Bonchev–Trinajstić information content (AvgIpc) is 3.10. The molecule has 0 saturated heterocycles. The number of hydrogen-bond acceptors (Lipinski definition) is 5. The first-order chi connectivity index (χ1) is 13.0. The van der Waals surface area contributed by atoms with Gasteiger partial charge in [0.1, 0.15) is 0 Å². The molecule has 0 saturated carbocycles. The monoisotopic (exact) mass is 386 g/mol. The van der Waals surface area contributed by atoms with E-state index in [9.17, 15) is 9.59 Å². The van der Waals surface area contributed by atoms with Crippen LogP contribution in [0, 0.1) is 13.8 Å². The van der Waals surface area contributed by atoms with E-state index >= 15 is 0 Å². The number of aryl methyl sites for hydroxylation is 2. The predicted octanol–water partition coefficient (Wildman–Crippen LogP) is 2.71. The third-order valence-corrected chi connectivity index (χ3v) is 5.15. The van der Waals surface area contributed by atoms with Crippen molar-refractivity contribution in [2.75, 3.05) is 18.9 Å². The Morgan fingerprint density at radius 3 is 2.96 bits per heavy atom. The number of imidazole rings is 1. The van der Waals surface area contributed by atoms with E-state index in [4.69, 9.17) is 4.74 Å². The number of benzene rings is 1. The van der Waals surface area contributed by atoms with Gasteiger partial charge in [-0.1, -0.05) is 23.9 Å². The van der Waals surface area contributed by atoms with Crippen LogP contribution in [0.1, 0.15) is 18.1 Å². The van der Waals surface area contributed by atoms with E-state index in [2.05, 4.69) is 40.7 Å². The van der Waals surface area contributed by atoms with Crippen molar-refractivity contribution < 1.29 is 14.3 Å². The zero-order valence-corrected chi connectivity index (χ0v) is 16.4. The first-order valence-corrected chi connectivity index (χ1v) is 9.66. The molecule has 27 heavy (non-hydrogen) atoms. The van der Waals surface area contributed by atoms with Gasteiger partial charge in [-0.25, -0.2) is 14.6 Å². The van der Waals surface area contributed by atoms with Gasteiger partial charge >= 0.3 is 12.0 Å². The van der Waals surface area contributed by atoms with Crippen LogP contribution in [0.3, 0.4) is 0 Å². The Labute approximate surface area is 162 Å². The number of carbonyl (C=O) groups is 2. The molecule has 1 aliphatic heterocycles. The lowest BCUT2D eigenvalue weighted by Gasteiger charge is -2.21. The summed E-state index contributed by atoms with van der Waals surface area (Å²) in [7, 11) is 0. The minimum Gasteiger partial charge on any atom is -0.463 e. The lowest BCUT2D eigenvalue weighted by molar-refractivity contribution is -0.138. The van der Waals surface area contributed by atoms with Crippen molar-refractivity contribution in [2.24, 2.45) is 0 Å². The number of rotatable bonds is 6. The summed E-state index contributed by atoms with van der Waals surface area (Å²) in [5.41, 5.74) is 4.36. The minimum atomic E-state index is -0.418. The maximum Gasteiger partial charge on any atom is 0.337 e. The second-order valence-electron chi connectivity index (χ2n) is 6.14. The first-order valence-electron chi connectivity index (χ1n) is 8.67. The van der Waals surface area contributed by atoms with E-state index in [1.165, 1.54) is 11.8 Å². The molecule has 0 unspecified atom stereocenters. The van der Waals surface area contributed by atoms with Crippen LogP contribution in [0.25, 0.3) is 5.69 Å². The van der Waals surface area contributed by atoms with E-state index < -0.39 is 5.97 Å². The van der Waals surface area contributed by atoms with Crippen molar-refractivity contribution in [3.63, 3.8) is 0 Å². The number of thioether (sulfide) groups is 1. The molecule has 2 heterocycles. The number of aromatic nitrogens is 2. The predicted molar refractivity (Wildman–Crippen MR) is 104 cm³/mol. The Kier molecular flexibility index (Phi) is 5.85. The third-order valence-electron chi connectivity index (χ3n) is 4.15. The second kappa shape index (κ2) is 8.30. The highest BCUT2D eigenvalue weighted by Gasteiger charge is 2.24. The molecular weight excluding hydrogens is 364 g/mol. The lowest BCUT2D eigenvalue weighted by atomic mass is 10.1. The zero-order chi connectivity index (χ0) is 19.4. The normalized spacial score (nSPS) is 14.0. The SMILES string of the molecule is CCOC(=O)C1=C(CSc2nccn2-c2cc(C)ccc2C)NC(=O)NC1. The molecule has 2 aromatic rings. The fraction of sp³-hybridized carbons (Fsp3) is 0.316. The third kappa shape index (κ3) is 4.33. The molecular formula is C19H22N4O3S. The second-order valence-corrected chi connectivity index (χ2v) is 7.09. The van der Waals surface area contributed by atoms with Crippen molar-refractivity contribution in [3.8, 4) is 5.69 Å². The molecule has 0 radical (unpaired) electrons. The Bertz CT molecular complexity index is 904. The summed E-state index contributed by atoms with van der Waals surface area (Å²) in [6, 6.07) is 5.94. The number of urea groups is 1. The van der Waals surface area contributed by atoms with Gasteiger partial charge in [-0.15, -0.1) is 0 Å². The lowest BCUT2D eigenvalue weighted by Crippen LogP contribution is -2.44. The highest BCUT2D eigenvalue weighted by Crippen LogP contribution is 2.25. The van der Waals surface area contributed by atoms with Crippen LogP contribution in [-0.4, -0.2) is 40.5 Å². The number of carbonyl (C=O) groups excluding carboxylic acids is 2. The summed E-state index contributed by atoms with van der Waals surface area (Å²) in [5.74, 6) is -0.0119. The smallest absolute Gasteiger partial charge is 0.337 e. The summed E-state index contributed by atoms with van der Waals surface area (Å²) in [6.07, 6.45) is 3.65. The zero-order valence-electron chi connectivity index (χ0n) is 15.5. The molecule has 0 aliphatic carbocycles. The molecule has 0 bridgehead atoms. The van der Waals surface area contributed by atoms with Crippen LogP contribution in [0.2, 0.25) is 0 Å². The van der Waals surface area contributed by atoms with E-state index in [1.807, 2.05) is 17.7 Å². The first kappa shape index (κ1) is 19.0. The number of hydrogen-bond donors (Lipinski definition) is 2. The average molecular weight is 386 g/mol. The van der Waals surface area contributed by atoms with Gasteiger partial charge < -0.3 is 15.4 Å². The fourth-order valence-electron chi connectivity index (χ4n) is 2.76. The molecule has 142 valence electrons. The number of ether oxygens (including phenoxy) is 1. The van der Waals surface area contributed by atoms with Crippen LogP contribution in [0.4, 0.5) is 4.79 Å². The summed E-state index contributed by atoms with van der Waals surface area (Å²) < 4.78 is 7.10. The van der Waals surface area contributed by atoms with Gasteiger partial charge in [0.05, 0.1) is 24.4 Å². The molecule has 2 amide bonds. The Hall–Kier alpha value is -2.74. The van der Waals surface area contributed by atoms with Crippen LogP contribution in [0.5, 0.6) is 0 Å². The fourth-order valence-corrected chi connectivity index (χ4v) is 3.72. The van der Waals surface area contributed by atoms with Crippen molar-refractivity contribution in [3.05, 3.63) is 53.0 Å². The maximum atomic E-state index is 12.1. The summed E-state index contributed by atoms with van der Waals surface area (Å²) in [6.45, 7) is 6.30. The Morgan fingerprint density at radius 1 is 1.37 bits per heavy atom. The largest absolute Gasteiger partial charge is 0.463 e. The van der Waals surface area contributed by atoms with Crippen LogP contribution < -0.4 is 10.6 Å². The summed E-state index contributed by atoms with van der Waals surface area (Å²) in [4.78, 5) is 28.3. The van der Waals surface area contributed by atoms with E-state index in [0.29, 0.717) is 17.0 Å². The summed E-state index contributed by atoms with van der Waals surface area (Å²) in [5, 5.41) is 6.11. The number of amides is 2. The summed E-state index contributed by atoms with van der Waals surface area (Å²) >= 11 is 1.45. The van der Waals surface area contributed by atoms with Gasteiger partial charge in [0.15, 0.2) is 5.16 Å². The molecule has 1 aromatic carbocycles. The number of esters is 1. The minimum absolute atomic E-state index is 0.159. The molecule has 1 aliphatic rings. The van der Waals surface area contributed by atoms with Gasteiger partial charge in [-0.3, -0.25) is 4.57 Å². The topological polar surface area (TPSA) is 85.2 Å².